The molecule has 8 heteroatoms. The number of aliphatic imine (C=N–C) groups is 1. The fraction of sp³-hybridized carbons (Fsp3) is 0.115. The van der Waals surface area contributed by atoms with E-state index < -0.39 is 18.4 Å². The molecule has 1 N–H and O–H groups in total. The predicted molar refractivity (Wildman–Crippen MR) is 132 cm³/mol. The van der Waals surface area contributed by atoms with Gasteiger partial charge in [-0.1, -0.05) is 54.6 Å². The van der Waals surface area contributed by atoms with Crippen LogP contribution in [0.1, 0.15) is 11.1 Å². The molecule has 0 radical (unpaired) electrons. The molecule has 0 aromatic heterocycles. The van der Waals surface area contributed by atoms with Crippen LogP contribution in [0, 0.1) is 0 Å². The number of benzene rings is 3. The lowest BCUT2D eigenvalue weighted by molar-refractivity contribution is -0.140. The second kappa shape index (κ2) is 10.7. The quantitative estimate of drug-likeness (QED) is 0.464. The average Bonchev–Trinajstić information content (AvgIpc) is 3.12. The number of thioether (sulfide) groups is 1. The van der Waals surface area contributed by atoms with Crippen LogP contribution in [0.3, 0.4) is 0 Å². The third-order valence-corrected chi connectivity index (χ3v) is 5.89. The summed E-state index contributed by atoms with van der Waals surface area (Å²) in [5.74, 6) is -0.415. The molecule has 0 bridgehead atoms. The molecule has 1 aliphatic heterocycles. The molecule has 0 unspecified atom stereocenters. The summed E-state index contributed by atoms with van der Waals surface area (Å²) < 4.78 is 11.4. The van der Waals surface area contributed by atoms with Crippen LogP contribution in [0.5, 0.6) is 11.5 Å². The van der Waals surface area contributed by atoms with Crippen molar-refractivity contribution in [3.63, 3.8) is 0 Å². The number of hydrogen-bond acceptors (Lipinski definition) is 6. The number of rotatable bonds is 8. The summed E-state index contributed by atoms with van der Waals surface area (Å²) in [6.45, 7) is -0.0696. The first-order valence-electron chi connectivity index (χ1n) is 10.4. The summed E-state index contributed by atoms with van der Waals surface area (Å²) in [5.41, 5.74) is 2.39. The highest BCUT2D eigenvalue weighted by Crippen LogP contribution is 2.36. The Hall–Kier alpha value is -4.04. The number of aliphatic carboxylic acids is 1. The minimum Gasteiger partial charge on any atom is -0.493 e. The maximum absolute atomic E-state index is 13.0. The fourth-order valence-electron chi connectivity index (χ4n) is 3.26. The normalized spacial score (nSPS) is 15.7. The van der Waals surface area contributed by atoms with Crippen LogP contribution in [0.25, 0.3) is 6.08 Å². The summed E-state index contributed by atoms with van der Waals surface area (Å²) in [7, 11) is 1.55. The molecule has 0 spiro atoms. The first-order chi connectivity index (χ1) is 16.5. The number of para-hydroxylation sites is 1. The lowest BCUT2D eigenvalue weighted by Crippen LogP contribution is -2.34. The first-order valence-corrected chi connectivity index (χ1v) is 11.3. The molecule has 1 saturated heterocycles. The van der Waals surface area contributed by atoms with E-state index in [4.69, 9.17) is 9.47 Å². The van der Waals surface area contributed by atoms with Crippen molar-refractivity contribution in [3.05, 3.63) is 94.9 Å². The summed E-state index contributed by atoms with van der Waals surface area (Å²) in [6, 6.07) is 24.3. The van der Waals surface area contributed by atoms with Gasteiger partial charge in [-0.05, 0) is 53.2 Å². The van der Waals surface area contributed by atoms with Crippen molar-refractivity contribution in [1.29, 1.82) is 0 Å². The second-order valence-corrected chi connectivity index (χ2v) is 8.32. The zero-order valence-corrected chi connectivity index (χ0v) is 19.2. The summed E-state index contributed by atoms with van der Waals surface area (Å²) >= 11 is 1.14. The van der Waals surface area contributed by atoms with Gasteiger partial charge in [-0.3, -0.25) is 14.5 Å². The summed E-state index contributed by atoms with van der Waals surface area (Å²) in [5, 5.41) is 9.59. The molecule has 3 aromatic rings. The van der Waals surface area contributed by atoms with Crippen molar-refractivity contribution in [2.24, 2.45) is 4.99 Å². The molecule has 0 aliphatic carbocycles. The molecule has 7 nitrogen and oxygen atoms in total. The van der Waals surface area contributed by atoms with Crippen LogP contribution in [-0.2, 0) is 16.2 Å². The highest BCUT2D eigenvalue weighted by Gasteiger charge is 2.34. The number of methoxy groups -OCH3 is 1. The maximum Gasteiger partial charge on any atom is 0.323 e. The molecule has 4 rings (SSSR count). The van der Waals surface area contributed by atoms with Gasteiger partial charge in [-0.25, -0.2) is 4.99 Å². The molecular weight excluding hydrogens is 452 g/mol. The van der Waals surface area contributed by atoms with Crippen LogP contribution in [0.2, 0.25) is 0 Å². The highest BCUT2D eigenvalue weighted by atomic mass is 32.2. The van der Waals surface area contributed by atoms with E-state index in [1.54, 1.807) is 37.5 Å². The van der Waals surface area contributed by atoms with Crippen LogP contribution in [0.4, 0.5) is 5.69 Å². The van der Waals surface area contributed by atoms with Crippen molar-refractivity contribution < 1.29 is 24.2 Å². The smallest absolute Gasteiger partial charge is 0.323 e. The van der Waals surface area contributed by atoms with Gasteiger partial charge in [0.25, 0.3) is 5.91 Å². The number of amidine groups is 1. The third-order valence-electron chi connectivity index (χ3n) is 4.89. The average molecular weight is 475 g/mol. The number of hydrogen-bond donors (Lipinski definition) is 1. The lowest BCUT2D eigenvalue weighted by atomic mass is 10.1. The minimum atomic E-state index is -1.11. The van der Waals surface area contributed by atoms with Gasteiger partial charge in [-0.15, -0.1) is 0 Å². The van der Waals surface area contributed by atoms with E-state index >= 15 is 0 Å². The van der Waals surface area contributed by atoms with E-state index in [9.17, 15) is 14.7 Å². The lowest BCUT2D eigenvalue weighted by Gasteiger charge is -2.12. The van der Waals surface area contributed by atoms with Gasteiger partial charge in [0, 0.05) is 0 Å². The number of carbonyl (C=O) groups excluding carboxylic acids is 1. The van der Waals surface area contributed by atoms with E-state index in [0.29, 0.717) is 33.9 Å². The summed E-state index contributed by atoms with van der Waals surface area (Å²) in [6.07, 6.45) is 1.69. The van der Waals surface area contributed by atoms with E-state index in [-0.39, 0.29) is 0 Å². The molecule has 0 saturated carbocycles. The largest absolute Gasteiger partial charge is 0.493 e. The molecule has 1 aliphatic rings. The predicted octanol–water partition coefficient (Wildman–Crippen LogP) is 4.96. The number of carboxylic acid groups (broad SMARTS) is 1. The molecule has 1 fully saturated rings. The Morgan fingerprint density at radius 2 is 1.74 bits per heavy atom. The van der Waals surface area contributed by atoms with Crippen molar-refractivity contribution in [2.75, 3.05) is 13.7 Å². The van der Waals surface area contributed by atoms with Crippen molar-refractivity contribution in [3.8, 4) is 11.5 Å². The van der Waals surface area contributed by atoms with Crippen molar-refractivity contribution in [1.82, 2.24) is 4.90 Å². The molecule has 1 amide bonds. The molecule has 1 heterocycles. The monoisotopic (exact) mass is 474 g/mol. The minimum absolute atomic E-state index is 0.319. The number of amides is 1. The number of carboxylic acids is 1. The Bertz CT molecular complexity index is 1240. The van der Waals surface area contributed by atoms with Crippen molar-refractivity contribution in [2.45, 2.75) is 6.61 Å². The standard InChI is InChI=1S/C26H22N2O5S/c1-32-22-14-19(12-13-21(22)33-17-18-8-4-2-5-9-18)15-23-25(31)28(16-24(29)30)26(34-23)27-20-10-6-3-7-11-20/h2-15H,16-17H2,1H3,(H,29,30)/b23-15-,27-26?. The Labute approximate surface area is 201 Å². The first kappa shape index (κ1) is 23.1. The molecule has 34 heavy (non-hydrogen) atoms. The van der Waals surface area contributed by atoms with Crippen LogP contribution < -0.4 is 9.47 Å². The van der Waals surface area contributed by atoms with Crippen LogP contribution >= 0.6 is 11.8 Å². The van der Waals surface area contributed by atoms with Crippen LogP contribution in [-0.4, -0.2) is 40.7 Å². The van der Waals surface area contributed by atoms with Crippen molar-refractivity contribution >= 4 is 40.6 Å². The topological polar surface area (TPSA) is 88.4 Å². The van der Waals surface area contributed by atoms with Gasteiger partial charge in [-0.2, -0.15) is 0 Å². The Morgan fingerprint density at radius 3 is 2.41 bits per heavy atom. The Balaban J connectivity index is 1.57. The molecule has 172 valence electrons. The van der Waals surface area contributed by atoms with Gasteiger partial charge >= 0.3 is 5.97 Å². The van der Waals surface area contributed by atoms with E-state index in [1.165, 1.54) is 4.90 Å². The maximum atomic E-state index is 13.0. The Kier molecular flexibility index (Phi) is 7.29. The van der Waals surface area contributed by atoms with Gasteiger partial charge in [0.05, 0.1) is 17.7 Å². The van der Waals surface area contributed by atoms with E-state index in [0.717, 1.165) is 22.9 Å². The SMILES string of the molecule is COc1cc(/C=C2\SC(=Nc3ccccc3)N(CC(=O)O)C2=O)ccc1OCc1ccccc1. The van der Waals surface area contributed by atoms with E-state index in [2.05, 4.69) is 4.99 Å². The zero-order chi connectivity index (χ0) is 23.9. The molecule has 0 atom stereocenters. The Morgan fingerprint density at radius 1 is 1.03 bits per heavy atom. The fourth-order valence-corrected chi connectivity index (χ4v) is 4.26. The molecular formula is C26H22N2O5S. The number of ether oxygens (including phenoxy) is 2. The highest BCUT2D eigenvalue weighted by molar-refractivity contribution is 8.18. The third kappa shape index (κ3) is 5.65. The number of carbonyl (C=O) groups is 2. The zero-order valence-electron chi connectivity index (χ0n) is 18.4. The summed E-state index contributed by atoms with van der Waals surface area (Å²) in [4.78, 5) is 30.3. The van der Waals surface area contributed by atoms with Gasteiger partial charge in [0.2, 0.25) is 0 Å². The number of nitrogens with zero attached hydrogens (tertiary/aromatic N) is 2. The van der Waals surface area contributed by atoms with E-state index in [1.807, 2.05) is 54.6 Å². The van der Waals surface area contributed by atoms with Gasteiger partial charge < -0.3 is 14.6 Å². The second-order valence-electron chi connectivity index (χ2n) is 7.31. The van der Waals surface area contributed by atoms with Crippen LogP contribution in [0.15, 0.2) is 88.8 Å². The molecule has 3 aromatic carbocycles. The van der Waals surface area contributed by atoms with Gasteiger partial charge in [0.1, 0.15) is 13.2 Å². The van der Waals surface area contributed by atoms with Gasteiger partial charge in [0.15, 0.2) is 16.7 Å².